The lowest BCUT2D eigenvalue weighted by molar-refractivity contribution is 0.273. The summed E-state index contributed by atoms with van der Waals surface area (Å²) < 4.78 is 57.4. The van der Waals surface area contributed by atoms with Crippen LogP contribution in [0.4, 0.5) is 0 Å². The molecule has 0 fully saturated rings. The Hall–Kier alpha value is -9.34. The van der Waals surface area contributed by atoms with Crippen LogP contribution in [0.5, 0.6) is 51.7 Å². The number of allylic oxidation sites excluding steroid dienone is 1. The predicted molar refractivity (Wildman–Crippen MR) is 302 cm³/mol. The molecule has 9 aromatic rings. The topological polar surface area (TPSA) is 83.1 Å². The molecule has 0 bridgehead atoms. The molecule has 0 atom stereocenters. The molecule has 0 spiro atoms. The van der Waals surface area contributed by atoms with Gasteiger partial charge in [0, 0.05) is 60.2 Å². The van der Waals surface area contributed by atoms with Crippen LogP contribution < -0.4 is 42.6 Å². The van der Waals surface area contributed by atoms with Crippen LogP contribution in [0.25, 0.3) is 0 Å². The van der Waals surface area contributed by atoms with Crippen molar-refractivity contribution in [3.63, 3.8) is 0 Å². The summed E-state index contributed by atoms with van der Waals surface area (Å²) in [7, 11) is 0. The molecule has 9 nitrogen and oxygen atoms in total. The summed E-state index contributed by atoms with van der Waals surface area (Å²) in [5.41, 5.74) is 7.95. The van der Waals surface area contributed by atoms with Crippen molar-refractivity contribution >= 4 is 0 Å². The second kappa shape index (κ2) is 28.4. The highest BCUT2D eigenvalue weighted by atomic mass is 16.5. The van der Waals surface area contributed by atoms with Crippen LogP contribution in [0, 0.1) is 0 Å². The van der Waals surface area contributed by atoms with Gasteiger partial charge in [0.25, 0.3) is 0 Å². The predicted octanol–water partition coefficient (Wildman–Crippen LogP) is 15.6. The molecule has 0 saturated carbocycles. The van der Waals surface area contributed by atoms with Gasteiger partial charge in [0.15, 0.2) is 0 Å². The van der Waals surface area contributed by atoms with Gasteiger partial charge in [0.1, 0.15) is 111 Å². The Balaban J connectivity index is 0.936. The summed E-state index contributed by atoms with van der Waals surface area (Å²) in [5, 5.41) is 0. The summed E-state index contributed by atoms with van der Waals surface area (Å²) in [6.45, 7) is 7.32. The Kier molecular flexibility index (Phi) is 19.3. The lowest BCUT2D eigenvalue weighted by atomic mass is 10.1. The van der Waals surface area contributed by atoms with Crippen LogP contribution in [-0.4, -0.2) is 19.8 Å². The van der Waals surface area contributed by atoms with Gasteiger partial charge in [-0.2, -0.15) is 0 Å². The standard InChI is InChI=1S/C68H62O9/c1-52(43-69-60-34-61(70-44-53-20-8-2-9-21-53)36-62(35-60)71-45-54-22-10-3-11-23-54)32-33-59(50-76-67-39-63(72-46-55-24-12-4-13-25-55)37-64(40-67)73-47-56-26-14-5-15-27-56)51-77-68-41-65(74-48-57-28-16-6-17-29-57)38-66(42-68)75-49-58-30-18-7-19-31-58/h2-31,33-42H,1,32,43-51H2. The normalized spacial score (nSPS) is 10.6. The van der Waals surface area contributed by atoms with Crippen LogP contribution in [0.2, 0.25) is 0 Å². The first-order valence-corrected chi connectivity index (χ1v) is 25.7. The molecule has 0 aromatic heterocycles. The van der Waals surface area contributed by atoms with E-state index in [1.54, 1.807) is 0 Å². The molecule has 0 aliphatic rings. The van der Waals surface area contributed by atoms with Crippen molar-refractivity contribution in [2.45, 2.75) is 46.1 Å². The minimum atomic E-state index is 0.179. The van der Waals surface area contributed by atoms with Gasteiger partial charge in [-0.15, -0.1) is 0 Å². The van der Waals surface area contributed by atoms with Crippen LogP contribution in [-0.2, 0) is 39.6 Å². The molecule has 9 heteroatoms. The third-order valence-electron chi connectivity index (χ3n) is 12.0. The maximum atomic E-state index is 6.62. The number of rotatable bonds is 29. The zero-order valence-electron chi connectivity index (χ0n) is 43.0. The van der Waals surface area contributed by atoms with E-state index in [0.29, 0.717) is 97.8 Å². The summed E-state index contributed by atoms with van der Waals surface area (Å²) >= 11 is 0. The number of hydrogen-bond acceptors (Lipinski definition) is 9. The van der Waals surface area contributed by atoms with Gasteiger partial charge in [-0.3, -0.25) is 0 Å². The maximum absolute atomic E-state index is 6.62. The van der Waals surface area contributed by atoms with Crippen LogP contribution >= 0.6 is 0 Å². The fraction of sp³-hybridized carbons (Fsp3) is 0.147. The summed E-state index contributed by atoms with van der Waals surface area (Å²) in [5.74, 6) is 5.43. The minimum Gasteiger partial charge on any atom is -0.489 e. The van der Waals surface area contributed by atoms with Crippen molar-refractivity contribution in [3.05, 3.63) is 294 Å². The molecule has 388 valence electrons. The number of hydrogen-bond donors (Lipinski definition) is 0. The van der Waals surface area contributed by atoms with Crippen molar-refractivity contribution in [2.24, 2.45) is 0 Å². The summed E-state index contributed by atoms with van der Waals surface area (Å²) in [6, 6.07) is 77.2. The van der Waals surface area contributed by atoms with Crippen LogP contribution in [0.1, 0.15) is 39.8 Å². The van der Waals surface area contributed by atoms with Crippen molar-refractivity contribution in [2.75, 3.05) is 19.8 Å². The van der Waals surface area contributed by atoms with E-state index in [1.807, 2.05) is 237 Å². The van der Waals surface area contributed by atoms with E-state index in [-0.39, 0.29) is 19.8 Å². The quantitative estimate of drug-likeness (QED) is 0.0426. The fourth-order valence-corrected chi connectivity index (χ4v) is 7.88. The molecular weight excluding hydrogens is 961 g/mol. The molecular formula is C68H62O9. The molecule has 0 N–H and O–H groups in total. The van der Waals surface area contributed by atoms with E-state index in [4.69, 9.17) is 42.6 Å². The first kappa shape index (κ1) is 52.5. The van der Waals surface area contributed by atoms with E-state index >= 15 is 0 Å². The molecule has 0 amide bonds. The number of ether oxygens (including phenoxy) is 9. The van der Waals surface area contributed by atoms with Crippen molar-refractivity contribution in [1.29, 1.82) is 0 Å². The van der Waals surface area contributed by atoms with Crippen molar-refractivity contribution in [3.8, 4) is 51.7 Å². The van der Waals surface area contributed by atoms with Gasteiger partial charge in [0.2, 0.25) is 0 Å². The van der Waals surface area contributed by atoms with Gasteiger partial charge < -0.3 is 42.6 Å². The number of benzene rings is 9. The molecule has 77 heavy (non-hydrogen) atoms. The van der Waals surface area contributed by atoms with Crippen LogP contribution in [0.15, 0.2) is 260 Å². The molecule has 0 unspecified atom stereocenters. The molecule has 0 aliphatic heterocycles. The highest BCUT2D eigenvalue weighted by Gasteiger charge is 2.13. The Morgan fingerprint density at radius 1 is 0.260 bits per heavy atom. The zero-order valence-corrected chi connectivity index (χ0v) is 43.0. The highest BCUT2D eigenvalue weighted by molar-refractivity contribution is 5.45. The summed E-state index contributed by atoms with van der Waals surface area (Å²) in [6.07, 6.45) is 2.55. The Labute approximate surface area is 452 Å². The van der Waals surface area contributed by atoms with Gasteiger partial charge >= 0.3 is 0 Å². The van der Waals surface area contributed by atoms with Crippen LogP contribution in [0.3, 0.4) is 0 Å². The van der Waals surface area contributed by atoms with E-state index in [9.17, 15) is 0 Å². The van der Waals surface area contributed by atoms with Gasteiger partial charge in [-0.25, -0.2) is 0 Å². The lowest BCUT2D eigenvalue weighted by Crippen LogP contribution is -2.11. The fourth-order valence-electron chi connectivity index (χ4n) is 7.88. The van der Waals surface area contributed by atoms with E-state index in [1.165, 1.54) is 0 Å². The van der Waals surface area contributed by atoms with Crippen molar-refractivity contribution in [1.82, 2.24) is 0 Å². The second-order valence-corrected chi connectivity index (χ2v) is 18.2. The summed E-state index contributed by atoms with van der Waals surface area (Å²) in [4.78, 5) is 0. The van der Waals surface area contributed by atoms with Gasteiger partial charge in [-0.05, 0) is 45.4 Å². The first-order chi connectivity index (χ1) is 38.0. The van der Waals surface area contributed by atoms with Gasteiger partial charge in [-0.1, -0.05) is 195 Å². The third-order valence-corrected chi connectivity index (χ3v) is 12.0. The lowest BCUT2D eigenvalue weighted by Gasteiger charge is -2.17. The van der Waals surface area contributed by atoms with Gasteiger partial charge in [0.05, 0.1) is 0 Å². The van der Waals surface area contributed by atoms with E-state index in [0.717, 1.165) is 44.5 Å². The molecule has 0 aliphatic carbocycles. The maximum Gasteiger partial charge on any atom is 0.127 e. The smallest absolute Gasteiger partial charge is 0.127 e. The van der Waals surface area contributed by atoms with E-state index in [2.05, 4.69) is 12.7 Å². The zero-order chi connectivity index (χ0) is 52.5. The molecule has 0 radical (unpaired) electrons. The average Bonchev–Trinajstić information content (AvgIpc) is 3.49. The first-order valence-electron chi connectivity index (χ1n) is 25.7. The second-order valence-electron chi connectivity index (χ2n) is 18.2. The van der Waals surface area contributed by atoms with Crippen molar-refractivity contribution < 1.29 is 42.6 Å². The largest absolute Gasteiger partial charge is 0.489 e. The highest BCUT2D eigenvalue weighted by Crippen LogP contribution is 2.33. The molecule has 0 heterocycles. The minimum absolute atomic E-state index is 0.179. The monoisotopic (exact) mass is 1020 g/mol. The molecule has 9 aromatic carbocycles. The SMILES string of the molecule is C=C(CC=C(COc1cc(OCc2ccccc2)cc(OCc2ccccc2)c1)COc1cc(OCc2ccccc2)cc(OCc2ccccc2)c1)COc1cc(OCc2ccccc2)cc(OCc2ccccc2)c1. The Morgan fingerprint density at radius 2 is 0.455 bits per heavy atom. The van der Waals surface area contributed by atoms with E-state index < -0.39 is 0 Å². The third kappa shape index (κ3) is 17.9. The molecule has 9 rings (SSSR count). The molecule has 0 saturated heterocycles. The average molecular weight is 1020 g/mol. The Morgan fingerprint density at radius 3 is 0.675 bits per heavy atom. The Bertz CT molecular complexity index is 2900.